The summed E-state index contributed by atoms with van der Waals surface area (Å²) < 4.78 is 0. The Morgan fingerprint density at radius 3 is 2.48 bits per heavy atom. The van der Waals surface area contributed by atoms with Gasteiger partial charge in [0, 0.05) is 24.8 Å². The van der Waals surface area contributed by atoms with Gasteiger partial charge >= 0.3 is 0 Å². The Kier molecular flexibility index (Phi) is 9.94. The smallest absolute Gasteiger partial charge is 0.132 e. The Hall–Kier alpha value is -1.71. The van der Waals surface area contributed by atoms with Crippen LogP contribution in [0.5, 0.6) is 0 Å². The molecule has 0 aliphatic carbocycles. The number of hydrogen-bond acceptors (Lipinski definition) is 3. The summed E-state index contributed by atoms with van der Waals surface area (Å²) in [6.07, 6.45) is 10.6. The van der Waals surface area contributed by atoms with Crippen LogP contribution in [0.2, 0.25) is 0 Å². The van der Waals surface area contributed by atoms with Crippen molar-refractivity contribution in [2.24, 2.45) is 5.92 Å². The highest BCUT2D eigenvalue weighted by atomic mass is 16.1. The number of nitrogens with zero attached hydrogens (tertiary/aromatic N) is 1. The van der Waals surface area contributed by atoms with E-state index >= 15 is 0 Å². The zero-order chi connectivity index (χ0) is 23.8. The number of carbonyl (C=O) groups is 1. The third-order valence-electron chi connectivity index (χ3n) is 7.98. The molecule has 0 amide bonds. The molecule has 0 spiro atoms. The monoisotopic (exact) mass is 450 g/mol. The summed E-state index contributed by atoms with van der Waals surface area (Å²) in [5, 5.41) is 3.50. The molecule has 2 fully saturated rings. The molecule has 2 saturated heterocycles. The van der Waals surface area contributed by atoms with Gasteiger partial charge in [-0.2, -0.15) is 0 Å². The molecule has 2 aliphatic rings. The first-order valence-corrected chi connectivity index (χ1v) is 13.4. The topological polar surface area (TPSA) is 32.3 Å². The Morgan fingerprint density at radius 1 is 1.18 bits per heavy atom. The molecule has 1 unspecified atom stereocenters. The first kappa shape index (κ1) is 25.9. The average Bonchev–Trinajstić information content (AvgIpc) is 2.84. The number of allylic oxidation sites excluding steroid dienone is 3. The van der Waals surface area contributed by atoms with E-state index in [2.05, 4.69) is 61.8 Å². The lowest BCUT2D eigenvalue weighted by atomic mass is 9.78. The fourth-order valence-corrected chi connectivity index (χ4v) is 5.97. The molecule has 0 aromatic heterocycles. The summed E-state index contributed by atoms with van der Waals surface area (Å²) in [4.78, 5) is 14.8. The fourth-order valence-electron chi connectivity index (χ4n) is 5.97. The average molecular weight is 451 g/mol. The summed E-state index contributed by atoms with van der Waals surface area (Å²) in [5.74, 6) is 1.25. The first-order valence-electron chi connectivity index (χ1n) is 13.4. The van der Waals surface area contributed by atoms with Gasteiger partial charge in [0.1, 0.15) is 5.78 Å². The molecule has 0 saturated carbocycles. The second-order valence-corrected chi connectivity index (χ2v) is 10.2. The molecular weight excluding hydrogens is 404 g/mol. The third kappa shape index (κ3) is 6.67. The Bertz CT molecular complexity index is 826. The van der Waals surface area contributed by atoms with E-state index in [1.807, 2.05) is 6.92 Å². The summed E-state index contributed by atoms with van der Waals surface area (Å²) in [6, 6.07) is 7.69. The van der Waals surface area contributed by atoms with Crippen molar-refractivity contribution in [3.05, 3.63) is 53.1 Å². The van der Waals surface area contributed by atoms with E-state index < -0.39 is 0 Å². The van der Waals surface area contributed by atoms with Crippen molar-refractivity contribution < 1.29 is 4.79 Å². The lowest BCUT2D eigenvalue weighted by Crippen LogP contribution is -2.46. The quantitative estimate of drug-likeness (QED) is 0.404. The van der Waals surface area contributed by atoms with Crippen LogP contribution in [0.3, 0.4) is 0 Å². The molecule has 2 heterocycles. The van der Waals surface area contributed by atoms with E-state index in [-0.39, 0.29) is 5.92 Å². The van der Waals surface area contributed by atoms with Crippen LogP contribution in [0.4, 0.5) is 0 Å². The van der Waals surface area contributed by atoms with E-state index in [1.54, 1.807) is 0 Å². The van der Waals surface area contributed by atoms with Gasteiger partial charge in [-0.15, -0.1) is 0 Å². The summed E-state index contributed by atoms with van der Waals surface area (Å²) in [6.45, 7) is 17.7. The van der Waals surface area contributed by atoms with Crippen molar-refractivity contribution in [1.82, 2.24) is 10.2 Å². The van der Waals surface area contributed by atoms with Crippen LogP contribution in [0.1, 0.15) is 94.7 Å². The van der Waals surface area contributed by atoms with Gasteiger partial charge in [0.05, 0.1) is 0 Å². The molecule has 1 N–H and O–H groups in total. The van der Waals surface area contributed by atoms with Gasteiger partial charge in [-0.3, -0.25) is 4.79 Å². The fraction of sp³-hybridized carbons (Fsp3) is 0.633. The number of ketones is 1. The van der Waals surface area contributed by atoms with Gasteiger partial charge in [-0.25, -0.2) is 0 Å². The number of nitrogens with one attached hydrogen (secondary N) is 1. The predicted octanol–water partition coefficient (Wildman–Crippen LogP) is 6.67. The van der Waals surface area contributed by atoms with Gasteiger partial charge in [-0.1, -0.05) is 50.3 Å². The Morgan fingerprint density at radius 2 is 1.88 bits per heavy atom. The molecular formula is C30H46N2O. The van der Waals surface area contributed by atoms with Crippen LogP contribution in [0.15, 0.2) is 36.4 Å². The molecule has 3 nitrogen and oxygen atoms in total. The molecule has 182 valence electrons. The molecule has 0 radical (unpaired) electrons. The van der Waals surface area contributed by atoms with Crippen molar-refractivity contribution in [3.8, 4) is 0 Å². The van der Waals surface area contributed by atoms with E-state index in [9.17, 15) is 4.79 Å². The maximum absolute atomic E-state index is 12.1. The minimum absolute atomic E-state index is 0.246. The lowest BCUT2D eigenvalue weighted by molar-refractivity contribution is -0.118. The van der Waals surface area contributed by atoms with Crippen molar-refractivity contribution in [2.75, 3.05) is 26.2 Å². The van der Waals surface area contributed by atoms with Crippen LogP contribution in [-0.2, 0) is 4.79 Å². The molecule has 3 rings (SSSR count). The molecule has 3 heteroatoms. The largest absolute Gasteiger partial charge is 0.317 e. The number of piperidine rings is 2. The predicted molar refractivity (Wildman–Crippen MR) is 142 cm³/mol. The van der Waals surface area contributed by atoms with Crippen LogP contribution in [0, 0.1) is 12.8 Å². The van der Waals surface area contributed by atoms with Crippen LogP contribution in [0.25, 0.3) is 5.57 Å². The number of Topliss-reactive ketones (excluding diaryl/α,β-unsaturated/α-hetero) is 1. The SMILES string of the molecule is C=C(C)C(CCC(=O)CC)/C(=C\CC)c1cccc(C2CCN(C3CCNCC3)CC2)c1C. The number of hydrogen-bond donors (Lipinski definition) is 1. The van der Waals surface area contributed by atoms with E-state index in [1.165, 1.54) is 79.7 Å². The van der Waals surface area contributed by atoms with Gasteiger partial charge < -0.3 is 10.2 Å². The highest BCUT2D eigenvalue weighted by molar-refractivity contribution is 5.79. The third-order valence-corrected chi connectivity index (χ3v) is 7.98. The van der Waals surface area contributed by atoms with Crippen LogP contribution >= 0.6 is 0 Å². The molecule has 1 atom stereocenters. The normalized spacial score (nSPS) is 20.1. The summed E-state index contributed by atoms with van der Waals surface area (Å²) >= 11 is 0. The zero-order valence-corrected chi connectivity index (χ0v) is 21.6. The van der Waals surface area contributed by atoms with Gasteiger partial charge in [-0.05, 0) is 107 Å². The maximum atomic E-state index is 12.1. The van der Waals surface area contributed by atoms with Crippen molar-refractivity contribution >= 4 is 11.4 Å². The second kappa shape index (κ2) is 12.7. The summed E-state index contributed by atoms with van der Waals surface area (Å²) in [5.41, 5.74) is 6.88. The highest BCUT2D eigenvalue weighted by Crippen LogP contribution is 2.39. The van der Waals surface area contributed by atoms with E-state index in [0.717, 1.165) is 18.9 Å². The van der Waals surface area contributed by atoms with Crippen molar-refractivity contribution in [1.29, 1.82) is 0 Å². The van der Waals surface area contributed by atoms with Gasteiger partial charge in [0.2, 0.25) is 0 Å². The van der Waals surface area contributed by atoms with E-state index in [4.69, 9.17) is 0 Å². The number of carbonyl (C=O) groups excluding carboxylic acids is 1. The van der Waals surface area contributed by atoms with Crippen molar-refractivity contribution in [2.45, 2.75) is 91.0 Å². The minimum atomic E-state index is 0.246. The highest BCUT2D eigenvalue weighted by Gasteiger charge is 2.28. The van der Waals surface area contributed by atoms with Crippen molar-refractivity contribution in [3.63, 3.8) is 0 Å². The molecule has 2 aliphatic heterocycles. The zero-order valence-electron chi connectivity index (χ0n) is 21.6. The van der Waals surface area contributed by atoms with Crippen LogP contribution in [-0.4, -0.2) is 42.9 Å². The summed E-state index contributed by atoms with van der Waals surface area (Å²) in [7, 11) is 0. The minimum Gasteiger partial charge on any atom is -0.317 e. The van der Waals surface area contributed by atoms with Crippen LogP contribution < -0.4 is 5.32 Å². The molecule has 0 bridgehead atoms. The Labute approximate surface area is 202 Å². The first-order chi connectivity index (χ1) is 16.0. The number of rotatable bonds is 10. The molecule has 1 aromatic carbocycles. The second-order valence-electron chi connectivity index (χ2n) is 10.2. The molecule has 1 aromatic rings. The van der Waals surface area contributed by atoms with Gasteiger partial charge in [0.15, 0.2) is 0 Å². The molecule has 33 heavy (non-hydrogen) atoms. The standard InChI is InChI=1S/C30H46N2O/c1-6-9-30(27(22(3)4)13-12-26(33)7-2)29-11-8-10-28(23(29)5)24-16-20-32(21-17-24)25-14-18-31-19-15-25/h8-11,24-25,27,31H,3,6-7,12-21H2,1-2,4-5H3/b30-9+. The number of likely N-dealkylation sites (tertiary alicyclic amines) is 1. The van der Waals surface area contributed by atoms with E-state index in [0.29, 0.717) is 24.5 Å². The lowest BCUT2D eigenvalue weighted by Gasteiger charge is -2.40. The maximum Gasteiger partial charge on any atom is 0.132 e. The number of benzene rings is 1. The Balaban J connectivity index is 1.78. The van der Waals surface area contributed by atoms with Gasteiger partial charge in [0.25, 0.3) is 0 Å².